The fourth-order valence-electron chi connectivity index (χ4n) is 3.19. The van der Waals surface area contributed by atoms with Crippen LogP contribution in [-0.2, 0) is 11.2 Å². The van der Waals surface area contributed by atoms with Crippen molar-refractivity contribution in [2.24, 2.45) is 5.92 Å². The Kier molecular flexibility index (Phi) is 6.06. The van der Waals surface area contributed by atoms with Gasteiger partial charge in [0.2, 0.25) is 5.95 Å². The zero-order valence-corrected chi connectivity index (χ0v) is 13.9. The average Bonchev–Trinajstić information content (AvgIpc) is 2.92. The minimum Gasteiger partial charge on any atom is -0.383 e. The third-order valence-corrected chi connectivity index (χ3v) is 4.30. The van der Waals surface area contributed by atoms with Gasteiger partial charge in [-0.25, -0.2) is 4.98 Å². The molecule has 0 amide bonds. The van der Waals surface area contributed by atoms with Gasteiger partial charge in [0.15, 0.2) is 0 Å². The van der Waals surface area contributed by atoms with Gasteiger partial charge in [-0.15, -0.1) is 0 Å². The summed E-state index contributed by atoms with van der Waals surface area (Å²) in [5.41, 5.74) is 1.17. The summed E-state index contributed by atoms with van der Waals surface area (Å²) in [4.78, 5) is 7.32. The Hall–Kier alpha value is -1.07. The number of nitrogens with one attached hydrogen (secondary N) is 1. The highest BCUT2D eigenvalue weighted by atomic mass is 16.5. The Morgan fingerprint density at radius 2 is 2.33 bits per heavy atom. The lowest BCUT2D eigenvalue weighted by Gasteiger charge is -2.34. The number of piperidine rings is 1. The number of ether oxygens (including phenoxy) is 1. The number of aromatic nitrogens is 2. The molecule has 0 spiro atoms. The van der Waals surface area contributed by atoms with Crippen molar-refractivity contribution in [1.29, 1.82) is 0 Å². The second-order valence-corrected chi connectivity index (χ2v) is 6.11. The van der Waals surface area contributed by atoms with Gasteiger partial charge in [-0.05, 0) is 45.7 Å². The van der Waals surface area contributed by atoms with Crippen molar-refractivity contribution in [2.45, 2.75) is 39.2 Å². The maximum atomic E-state index is 5.33. The zero-order chi connectivity index (χ0) is 15.2. The first-order valence-corrected chi connectivity index (χ1v) is 8.15. The van der Waals surface area contributed by atoms with E-state index >= 15 is 0 Å². The minimum absolute atomic E-state index is 0.322. The fraction of sp³-hybridized carbons (Fsp3) is 0.812. The number of aryl methyl sites for hydroxylation is 1. The minimum atomic E-state index is 0.322. The first-order valence-electron chi connectivity index (χ1n) is 8.15. The largest absolute Gasteiger partial charge is 0.383 e. The van der Waals surface area contributed by atoms with Crippen molar-refractivity contribution >= 4 is 5.95 Å². The van der Waals surface area contributed by atoms with E-state index in [-0.39, 0.29) is 0 Å². The van der Waals surface area contributed by atoms with E-state index in [0.29, 0.717) is 6.04 Å². The number of methoxy groups -OCH3 is 1. The predicted octanol–water partition coefficient (Wildman–Crippen LogP) is 2.09. The number of anilines is 1. The van der Waals surface area contributed by atoms with E-state index in [9.17, 15) is 0 Å². The van der Waals surface area contributed by atoms with E-state index in [0.717, 1.165) is 44.5 Å². The summed E-state index contributed by atoms with van der Waals surface area (Å²) in [6.45, 7) is 8.38. The molecule has 1 saturated heterocycles. The highest BCUT2D eigenvalue weighted by Crippen LogP contribution is 2.25. The van der Waals surface area contributed by atoms with Crippen LogP contribution < -0.4 is 10.2 Å². The van der Waals surface area contributed by atoms with E-state index in [4.69, 9.17) is 9.72 Å². The van der Waals surface area contributed by atoms with Gasteiger partial charge in [0.1, 0.15) is 0 Å². The van der Waals surface area contributed by atoms with Crippen LogP contribution in [0.4, 0.5) is 5.95 Å². The van der Waals surface area contributed by atoms with E-state index in [2.05, 4.69) is 34.8 Å². The smallest absolute Gasteiger partial charge is 0.206 e. The van der Waals surface area contributed by atoms with Gasteiger partial charge in [0, 0.05) is 26.4 Å². The van der Waals surface area contributed by atoms with Crippen molar-refractivity contribution in [1.82, 2.24) is 14.9 Å². The number of hydrogen-bond acceptors (Lipinski definition) is 4. The molecule has 21 heavy (non-hydrogen) atoms. The molecule has 1 N–H and O–H groups in total. The Balaban J connectivity index is 2.18. The third-order valence-electron chi connectivity index (χ3n) is 4.30. The molecule has 0 aliphatic carbocycles. The summed E-state index contributed by atoms with van der Waals surface area (Å²) in [6.07, 6.45) is 5.74. The Morgan fingerprint density at radius 3 is 3.00 bits per heavy atom. The van der Waals surface area contributed by atoms with Gasteiger partial charge in [0.25, 0.3) is 0 Å². The predicted molar refractivity (Wildman–Crippen MR) is 87.1 cm³/mol. The van der Waals surface area contributed by atoms with Crippen molar-refractivity contribution in [2.75, 3.05) is 45.3 Å². The molecule has 1 aromatic heterocycles. The molecule has 2 unspecified atom stereocenters. The van der Waals surface area contributed by atoms with E-state index in [1.165, 1.54) is 18.5 Å². The molecule has 1 fully saturated rings. The molecule has 0 aromatic carbocycles. The second kappa shape index (κ2) is 7.80. The quantitative estimate of drug-likeness (QED) is 0.836. The maximum absolute atomic E-state index is 5.33. The summed E-state index contributed by atoms with van der Waals surface area (Å²) in [7, 11) is 3.80. The van der Waals surface area contributed by atoms with Gasteiger partial charge >= 0.3 is 0 Å². The van der Waals surface area contributed by atoms with Crippen LogP contribution in [0, 0.1) is 5.92 Å². The van der Waals surface area contributed by atoms with Gasteiger partial charge in [-0.1, -0.05) is 6.92 Å². The number of nitrogens with zero attached hydrogens (tertiary/aromatic N) is 3. The molecule has 2 rings (SSSR count). The molecule has 0 saturated carbocycles. The van der Waals surface area contributed by atoms with E-state index in [1.807, 2.05) is 7.05 Å². The molecule has 1 aliphatic heterocycles. The standard InChI is InChI=1S/C16H30N4O/c1-5-15-11-20(13(2)12-21-4)16(18-15)19-8-6-7-14(10-19)9-17-3/h11,13-14,17H,5-10,12H2,1-4H3. The van der Waals surface area contributed by atoms with Gasteiger partial charge < -0.3 is 19.5 Å². The van der Waals surface area contributed by atoms with E-state index < -0.39 is 0 Å². The molecular weight excluding hydrogens is 264 g/mol. The topological polar surface area (TPSA) is 42.3 Å². The van der Waals surface area contributed by atoms with Crippen LogP contribution in [0.1, 0.15) is 38.4 Å². The average molecular weight is 294 g/mol. The molecule has 2 atom stereocenters. The normalized spacial score (nSPS) is 20.8. The molecule has 1 aromatic rings. The first-order chi connectivity index (χ1) is 10.2. The van der Waals surface area contributed by atoms with Crippen molar-refractivity contribution in [3.8, 4) is 0 Å². The van der Waals surface area contributed by atoms with Crippen LogP contribution in [0.3, 0.4) is 0 Å². The SMILES string of the molecule is CCc1cn(C(C)COC)c(N2CCCC(CNC)C2)n1. The first kappa shape index (κ1) is 16.3. The summed E-state index contributed by atoms with van der Waals surface area (Å²) < 4.78 is 7.62. The molecule has 0 radical (unpaired) electrons. The zero-order valence-electron chi connectivity index (χ0n) is 13.9. The Labute approximate surface area is 128 Å². The fourth-order valence-corrected chi connectivity index (χ4v) is 3.19. The highest BCUT2D eigenvalue weighted by Gasteiger charge is 2.24. The van der Waals surface area contributed by atoms with Crippen molar-refractivity contribution in [3.63, 3.8) is 0 Å². The second-order valence-electron chi connectivity index (χ2n) is 6.11. The van der Waals surface area contributed by atoms with Crippen LogP contribution in [0.2, 0.25) is 0 Å². The monoisotopic (exact) mass is 294 g/mol. The van der Waals surface area contributed by atoms with Crippen LogP contribution in [0.25, 0.3) is 0 Å². The molecule has 120 valence electrons. The lowest BCUT2D eigenvalue weighted by molar-refractivity contribution is 0.162. The number of imidazole rings is 1. The molecule has 0 bridgehead atoms. The van der Waals surface area contributed by atoms with Gasteiger partial charge in [-0.2, -0.15) is 0 Å². The number of hydrogen-bond donors (Lipinski definition) is 1. The lowest BCUT2D eigenvalue weighted by Crippen LogP contribution is -2.40. The lowest BCUT2D eigenvalue weighted by atomic mass is 9.98. The maximum Gasteiger partial charge on any atom is 0.206 e. The van der Waals surface area contributed by atoms with Crippen LogP contribution >= 0.6 is 0 Å². The molecule has 5 nitrogen and oxygen atoms in total. The molecular formula is C16H30N4O. The van der Waals surface area contributed by atoms with Gasteiger partial charge in [0.05, 0.1) is 18.3 Å². The summed E-state index contributed by atoms with van der Waals surface area (Å²) in [5.74, 6) is 1.84. The summed E-state index contributed by atoms with van der Waals surface area (Å²) >= 11 is 0. The molecule has 1 aliphatic rings. The Morgan fingerprint density at radius 1 is 1.52 bits per heavy atom. The molecule has 5 heteroatoms. The van der Waals surface area contributed by atoms with Crippen LogP contribution in [0.15, 0.2) is 6.20 Å². The van der Waals surface area contributed by atoms with Crippen molar-refractivity contribution in [3.05, 3.63) is 11.9 Å². The summed E-state index contributed by atoms with van der Waals surface area (Å²) in [5, 5.41) is 3.31. The van der Waals surface area contributed by atoms with E-state index in [1.54, 1.807) is 7.11 Å². The molecule has 2 heterocycles. The summed E-state index contributed by atoms with van der Waals surface area (Å²) in [6, 6.07) is 0.322. The van der Waals surface area contributed by atoms with Crippen molar-refractivity contribution < 1.29 is 4.74 Å². The van der Waals surface area contributed by atoms with Crippen LogP contribution in [-0.4, -0.2) is 49.9 Å². The third kappa shape index (κ3) is 3.98. The number of rotatable bonds is 7. The van der Waals surface area contributed by atoms with Crippen LogP contribution in [0.5, 0.6) is 0 Å². The van der Waals surface area contributed by atoms with Gasteiger partial charge in [-0.3, -0.25) is 0 Å². The highest BCUT2D eigenvalue weighted by molar-refractivity contribution is 5.35. The Bertz CT molecular complexity index is 430.